The Morgan fingerprint density at radius 2 is 1.85 bits per heavy atom. The molecule has 1 N–H and O–H groups in total. The second-order valence-electron chi connectivity index (χ2n) is 6.47. The third kappa shape index (κ3) is 4.30. The SMILES string of the molecule is COC[C@@H](NC(=O)c1nccnc1C(=O)N1CCCCC1)c1ccnn1C. The molecule has 1 aliphatic rings. The fraction of sp³-hybridized carbons (Fsp3) is 0.500. The highest BCUT2D eigenvalue weighted by Crippen LogP contribution is 2.16. The standard InChI is InChI=1S/C18H24N6O3/c1-23-14(6-7-21-23)13(12-27-2)22-17(25)15-16(20-9-8-19-15)18(26)24-10-4-3-5-11-24/h6-9,13H,3-5,10-12H2,1-2H3,(H,22,25)/t13-/m1/s1. The van der Waals surface area contributed by atoms with Crippen molar-refractivity contribution in [3.63, 3.8) is 0 Å². The zero-order valence-corrected chi connectivity index (χ0v) is 15.6. The van der Waals surface area contributed by atoms with E-state index in [-0.39, 0.29) is 23.9 Å². The Hall–Kier alpha value is -2.81. The molecule has 1 atom stereocenters. The number of rotatable bonds is 6. The molecule has 27 heavy (non-hydrogen) atoms. The first kappa shape index (κ1) is 19.0. The van der Waals surface area contributed by atoms with Gasteiger partial charge in [0.1, 0.15) is 0 Å². The van der Waals surface area contributed by atoms with Gasteiger partial charge in [0.05, 0.1) is 18.3 Å². The van der Waals surface area contributed by atoms with Crippen molar-refractivity contribution in [2.45, 2.75) is 25.3 Å². The third-order valence-electron chi connectivity index (χ3n) is 4.61. The zero-order chi connectivity index (χ0) is 19.2. The number of aromatic nitrogens is 4. The van der Waals surface area contributed by atoms with Crippen LogP contribution in [0, 0.1) is 0 Å². The lowest BCUT2D eigenvalue weighted by Gasteiger charge is -2.26. The normalized spacial score (nSPS) is 15.4. The molecule has 2 aromatic rings. The molecule has 9 heteroatoms. The average Bonchev–Trinajstić information content (AvgIpc) is 3.13. The average molecular weight is 372 g/mol. The largest absolute Gasteiger partial charge is 0.382 e. The van der Waals surface area contributed by atoms with E-state index in [0.717, 1.165) is 25.0 Å². The Morgan fingerprint density at radius 1 is 1.15 bits per heavy atom. The van der Waals surface area contributed by atoms with E-state index < -0.39 is 11.9 Å². The van der Waals surface area contributed by atoms with Gasteiger partial charge in [0.15, 0.2) is 11.4 Å². The predicted molar refractivity (Wildman–Crippen MR) is 97.1 cm³/mol. The highest BCUT2D eigenvalue weighted by atomic mass is 16.5. The summed E-state index contributed by atoms with van der Waals surface area (Å²) in [6, 6.07) is 1.38. The molecule has 2 amide bonds. The van der Waals surface area contributed by atoms with Gasteiger partial charge in [-0.15, -0.1) is 0 Å². The number of nitrogens with zero attached hydrogens (tertiary/aromatic N) is 5. The summed E-state index contributed by atoms with van der Waals surface area (Å²) in [5.74, 6) is -0.719. The number of nitrogens with one attached hydrogen (secondary N) is 1. The van der Waals surface area contributed by atoms with Crippen LogP contribution >= 0.6 is 0 Å². The Bertz CT molecular complexity index is 800. The number of ether oxygens (including phenoxy) is 1. The van der Waals surface area contributed by atoms with Crippen molar-refractivity contribution >= 4 is 11.8 Å². The van der Waals surface area contributed by atoms with Crippen LogP contribution in [0.15, 0.2) is 24.7 Å². The fourth-order valence-electron chi connectivity index (χ4n) is 3.23. The van der Waals surface area contributed by atoms with Gasteiger partial charge in [-0.2, -0.15) is 5.10 Å². The molecular formula is C18H24N6O3. The second-order valence-corrected chi connectivity index (χ2v) is 6.47. The predicted octanol–water partition coefficient (Wildman–Crippen LogP) is 0.954. The maximum Gasteiger partial charge on any atom is 0.274 e. The minimum atomic E-state index is -0.466. The first-order chi connectivity index (χ1) is 13.1. The molecule has 0 unspecified atom stereocenters. The lowest BCUT2D eigenvalue weighted by Crippen LogP contribution is -2.39. The van der Waals surface area contributed by atoms with Crippen LogP contribution in [0.1, 0.15) is 52.0 Å². The second kappa shape index (κ2) is 8.72. The number of aryl methyl sites for hydroxylation is 1. The fourth-order valence-corrected chi connectivity index (χ4v) is 3.23. The summed E-state index contributed by atoms with van der Waals surface area (Å²) < 4.78 is 6.89. The number of hydrogen-bond donors (Lipinski definition) is 1. The van der Waals surface area contributed by atoms with Gasteiger partial charge in [0, 0.05) is 45.8 Å². The Labute approximate surface area is 157 Å². The van der Waals surface area contributed by atoms with E-state index in [1.165, 1.54) is 12.4 Å². The van der Waals surface area contributed by atoms with Gasteiger partial charge in [-0.1, -0.05) is 0 Å². The maximum absolute atomic E-state index is 12.9. The van der Waals surface area contributed by atoms with Crippen molar-refractivity contribution in [2.24, 2.45) is 7.05 Å². The molecule has 0 radical (unpaired) electrons. The summed E-state index contributed by atoms with van der Waals surface area (Å²) in [6.07, 6.45) is 7.53. The zero-order valence-electron chi connectivity index (χ0n) is 15.6. The van der Waals surface area contributed by atoms with E-state index in [9.17, 15) is 9.59 Å². The van der Waals surface area contributed by atoms with Crippen molar-refractivity contribution < 1.29 is 14.3 Å². The third-order valence-corrected chi connectivity index (χ3v) is 4.61. The monoisotopic (exact) mass is 372 g/mol. The van der Waals surface area contributed by atoms with Gasteiger partial charge >= 0.3 is 0 Å². The van der Waals surface area contributed by atoms with E-state index in [1.54, 1.807) is 36.0 Å². The van der Waals surface area contributed by atoms with Crippen LogP contribution in [0.3, 0.4) is 0 Å². The lowest BCUT2D eigenvalue weighted by molar-refractivity contribution is 0.0709. The molecule has 0 bridgehead atoms. The van der Waals surface area contributed by atoms with Crippen molar-refractivity contribution in [3.8, 4) is 0 Å². The van der Waals surface area contributed by atoms with Crippen LogP contribution in [0.25, 0.3) is 0 Å². The molecule has 0 spiro atoms. The number of hydrogen-bond acceptors (Lipinski definition) is 6. The van der Waals surface area contributed by atoms with Gasteiger partial charge in [-0.05, 0) is 25.3 Å². The van der Waals surface area contributed by atoms with Crippen LogP contribution in [-0.2, 0) is 11.8 Å². The van der Waals surface area contributed by atoms with Crippen molar-refractivity contribution in [3.05, 3.63) is 41.7 Å². The Morgan fingerprint density at radius 3 is 2.48 bits per heavy atom. The van der Waals surface area contributed by atoms with E-state index in [1.807, 2.05) is 0 Å². The van der Waals surface area contributed by atoms with Crippen molar-refractivity contribution in [1.82, 2.24) is 30.0 Å². The minimum Gasteiger partial charge on any atom is -0.382 e. The van der Waals surface area contributed by atoms with Crippen LogP contribution in [0.4, 0.5) is 0 Å². The van der Waals surface area contributed by atoms with Gasteiger partial charge < -0.3 is 15.0 Å². The van der Waals surface area contributed by atoms with Gasteiger partial charge in [0.25, 0.3) is 11.8 Å². The van der Waals surface area contributed by atoms with E-state index in [4.69, 9.17) is 4.74 Å². The molecule has 144 valence electrons. The molecule has 1 saturated heterocycles. The molecule has 2 aromatic heterocycles. The molecule has 0 saturated carbocycles. The molecule has 0 aliphatic carbocycles. The molecular weight excluding hydrogens is 348 g/mol. The minimum absolute atomic E-state index is 0.0244. The summed E-state index contributed by atoms with van der Waals surface area (Å²) >= 11 is 0. The Kier molecular flexibility index (Phi) is 6.12. The molecule has 3 heterocycles. The van der Waals surface area contributed by atoms with E-state index in [2.05, 4.69) is 20.4 Å². The van der Waals surface area contributed by atoms with Crippen LogP contribution in [-0.4, -0.2) is 63.3 Å². The molecule has 3 rings (SSSR count). The first-order valence-electron chi connectivity index (χ1n) is 8.99. The molecule has 1 fully saturated rings. The summed E-state index contributed by atoms with van der Waals surface area (Å²) in [5, 5.41) is 7.01. The number of carbonyl (C=O) groups excluding carboxylic acids is 2. The smallest absolute Gasteiger partial charge is 0.274 e. The first-order valence-corrected chi connectivity index (χ1v) is 8.99. The number of amides is 2. The van der Waals surface area contributed by atoms with E-state index in [0.29, 0.717) is 13.1 Å². The van der Waals surface area contributed by atoms with Crippen LogP contribution < -0.4 is 5.32 Å². The summed E-state index contributed by atoms with van der Waals surface area (Å²) in [6.45, 7) is 1.62. The summed E-state index contributed by atoms with van der Waals surface area (Å²) in [4.78, 5) is 35.7. The topological polar surface area (TPSA) is 102 Å². The van der Waals surface area contributed by atoms with Crippen molar-refractivity contribution in [1.29, 1.82) is 0 Å². The highest BCUT2D eigenvalue weighted by Gasteiger charge is 2.27. The highest BCUT2D eigenvalue weighted by molar-refractivity contribution is 6.04. The van der Waals surface area contributed by atoms with Crippen LogP contribution in [0.5, 0.6) is 0 Å². The van der Waals surface area contributed by atoms with Gasteiger partial charge in [-0.25, -0.2) is 9.97 Å². The van der Waals surface area contributed by atoms with Gasteiger partial charge in [-0.3, -0.25) is 14.3 Å². The quantitative estimate of drug-likeness (QED) is 0.810. The summed E-state index contributed by atoms with van der Waals surface area (Å²) in [7, 11) is 3.35. The molecule has 1 aliphatic heterocycles. The number of carbonyl (C=O) groups is 2. The Balaban J connectivity index is 1.82. The number of piperidine rings is 1. The van der Waals surface area contributed by atoms with Crippen LogP contribution in [0.2, 0.25) is 0 Å². The van der Waals surface area contributed by atoms with Crippen molar-refractivity contribution in [2.75, 3.05) is 26.8 Å². The molecule has 9 nitrogen and oxygen atoms in total. The lowest BCUT2D eigenvalue weighted by atomic mass is 10.1. The number of likely N-dealkylation sites (tertiary alicyclic amines) is 1. The van der Waals surface area contributed by atoms with E-state index >= 15 is 0 Å². The van der Waals surface area contributed by atoms with Gasteiger partial charge in [0.2, 0.25) is 0 Å². The maximum atomic E-state index is 12.9. The summed E-state index contributed by atoms with van der Waals surface area (Å²) in [5.41, 5.74) is 0.896. The molecule has 0 aromatic carbocycles. The number of methoxy groups -OCH3 is 1.